The van der Waals surface area contributed by atoms with Crippen LogP contribution in [0, 0.1) is 24.2 Å². The molecule has 4 aromatic rings. The number of nitrogens with one attached hydrogen (secondary N) is 1. The highest BCUT2D eigenvalue weighted by Gasteiger charge is 2.61. The molecule has 0 saturated heterocycles. The van der Waals surface area contributed by atoms with Crippen molar-refractivity contribution in [3.05, 3.63) is 53.7 Å². The normalized spacial score (nSPS) is 16.4. The number of alkyl halides is 2. The van der Waals surface area contributed by atoms with Crippen molar-refractivity contribution in [2.45, 2.75) is 32.6 Å². The van der Waals surface area contributed by atoms with Crippen molar-refractivity contribution < 1.29 is 18.4 Å². The first-order chi connectivity index (χ1) is 16.2. The van der Waals surface area contributed by atoms with E-state index in [0.717, 1.165) is 11.1 Å². The summed E-state index contributed by atoms with van der Waals surface area (Å²) < 4.78 is 28.1. The lowest BCUT2D eigenvalue weighted by Crippen LogP contribution is -2.18. The van der Waals surface area contributed by atoms with E-state index in [1.165, 1.54) is 18.5 Å². The molecule has 1 amide bonds. The summed E-state index contributed by atoms with van der Waals surface area (Å²) in [6.07, 6.45) is 4.41. The first kappa shape index (κ1) is 21.6. The number of hydrogen-bond acceptors (Lipinski definition) is 6. The van der Waals surface area contributed by atoms with Crippen LogP contribution in [-0.4, -0.2) is 37.0 Å². The molecule has 0 spiro atoms. The lowest BCUT2D eigenvalue weighted by atomic mass is 10.0. The number of aryl methyl sites for hydroxylation is 1. The Kier molecular flexibility index (Phi) is 4.86. The van der Waals surface area contributed by atoms with E-state index in [0.29, 0.717) is 34.2 Å². The van der Waals surface area contributed by atoms with Gasteiger partial charge < -0.3 is 5.32 Å². The summed E-state index contributed by atoms with van der Waals surface area (Å²) in [5, 5.41) is 12.7. The van der Waals surface area contributed by atoms with Gasteiger partial charge in [-0.1, -0.05) is 6.92 Å². The van der Waals surface area contributed by atoms with Crippen LogP contribution in [0.1, 0.15) is 41.5 Å². The van der Waals surface area contributed by atoms with Gasteiger partial charge in [-0.2, -0.15) is 5.26 Å². The number of Topliss-reactive ketones (excluding diaryl/α,β-unsaturated/α-hetero) is 1. The summed E-state index contributed by atoms with van der Waals surface area (Å²) in [5.41, 5.74) is 3.88. The Morgan fingerprint density at radius 1 is 1.18 bits per heavy atom. The summed E-state index contributed by atoms with van der Waals surface area (Å²) in [7, 11) is 0. The summed E-state index contributed by atoms with van der Waals surface area (Å²) in [6.45, 7) is 3.64. The van der Waals surface area contributed by atoms with Gasteiger partial charge in [0, 0.05) is 47.8 Å². The number of rotatable bonds is 5. The number of hydrogen-bond donors (Lipinski definition) is 1. The zero-order chi connectivity index (χ0) is 24.2. The minimum Gasteiger partial charge on any atom is -0.310 e. The second-order valence-corrected chi connectivity index (χ2v) is 8.27. The Balaban J connectivity index is 1.64. The maximum atomic E-state index is 13.2. The molecule has 8 nitrogen and oxygen atoms in total. The minimum absolute atomic E-state index is 0.0615. The van der Waals surface area contributed by atoms with Crippen LogP contribution in [-0.2, 0) is 4.79 Å². The Labute approximate surface area is 192 Å². The lowest BCUT2D eigenvalue weighted by Gasteiger charge is -2.13. The first-order valence-electron chi connectivity index (χ1n) is 10.6. The molecule has 1 fully saturated rings. The Bertz CT molecular complexity index is 1550. The number of pyridine rings is 3. The highest BCUT2D eigenvalue weighted by atomic mass is 19.3. The fourth-order valence-corrected chi connectivity index (χ4v) is 3.99. The van der Waals surface area contributed by atoms with Gasteiger partial charge in [-0.05, 0) is 24.6 Å². The van der Waals surface area contributed by atoms with Crippen LogP contribution in [0.5, 0.6) is 0 Å². The second-order valence-electron chi connectivity index (χ2n) is 8.27. The summed E-state index contributed by atoms with van der Waals surface area (Å²) >= 11 is 0. The number of carbonyl (C=O) groups excluding carboxylic acids is 2. The molecule has 0 radical (unpaired) electrons. The van der Waals surface area contributed by atoms with Gasteiger partial charge in [0.1, 0.15) is 34.8 Å². The number of anilines is 1. The Morgan fingerprint density at radius 3 is 2.59 bits per heavy atom. The van der Waals surface area contributed by atoms with E-state index in [9.17, 15) is 23.6 Å². The topological polar surface area (TPSA) is 113 Å². The molecule has 1 aliphatic rings. The molecular weight excluding hydrogens is 442 g/mol. The van der Waals surface area contributed by atoms with Crippen LogP contribution < -0.4 is 5.32 Å². The SMILES string of the molecule is CCC(=O)c1cc(C)c(-c2cc3cnc(NC(=O)C4CC4(F)F)cc3n3c(C#N)cnc23)cn1. The van der Waals surface area contributed by atoms with E-state index in [1.54, 1.807) is 23.6 Å². The van der Waals surface area contributed by atoms with Gasteiger partial charge in [0.2, 0.25) is 5.91 Å². The maximum Gasteiger partial charge on any atom is 0.260 e. The molecular formula is C24H18F2N6O2. The fraction of sp³-hybridized carbons (Fsp3) is 0.250. The van der Waals surface area contributed by atoms with Gasteiger partial charge >= 0.3 is 0 Å². The van der Waals surface area contributed by atoms with Gasteiger partial charge in [0.15, 0.2) is 5.78 Å². The number of nitrogens with zero attached hydrogens (tertiary/aromatic N) is 5. The van der Waals surface area contributed by atoms with Gasteiger partial charge in [-0.3, -0.25) is 19.0 Å². The van der Waals surface area contributed by atoms with Crippen molar-refractivity contribution in [1.82, 2.24) is 19.4 Å². The first-order valence-corrected chi connectivity index (χ1v) is 10.6. The van der Waals surface area contributed by atoms with Crippen molar-refractivity contribution in [3.8, 4) is 17.2 Å². The van der Waals surface area contributed by atoms with Crippen LogP contribution in [0.25, 0.3) is 27.7 Å². The van der Waals surface area contributed by atoms with Gasteiger partial charge in [-0.25, -0.2) is 18.7 Å². The number of amides is 1. The molecule has 0 aliphatic heterocycles. The van der Waals surface area contributed by atoms with Crippen molar-refractivity contribution in [2.24, 2.45) is 5.92 Å². The van der Waals surface area contributed by atoms with Gasteiger partial charge in [-0.15, -0.1) is 0 Å². The molecule has 1 atom stereocenters. The van der Waals surface area contributed by atoms with Crippen molar-refractivity contribution in [2.75, 3.05) is 5.32 Å². The Hall–Kier alpha value is -4.26. The summed E-state index contributed by atoms with van der Waals surface area (Å²) in [5.74, 6) is -5.08. The molecule has 5 rings (SSSR count). The third-order valence-electron chi connectivity index (χ3n) is 5.97. The van der Waals surface area contributed by atoms with E-state index >= 15 is 0 Å². The zero-order valence-corrected chi connectivity index (χ0v) is 18.3. The molecule has 1 unspecified atom stereocenters. The number of ketones is 1. The summed E-state index contributed by atoms with van der Waals surface area (Å²) in [4.78, 5) is 37.1. The smallest absolute Gasteiger partial charge is 0.260 e. The van der Waals surface area contributed by atoms with Gasteiger partial charge in [0.05, 0.1) is 11.7 Å². The average molecular weight is 460 g/mol. The predicted octanol–water partition coefficient (Wildman–Crippen LogP) is 4.31. The number of halogens is 2. The van der Waals surface area contributed by atoms with E-state index < -0.39 is 24.2 Å². The summed E-state index contributed by atoms with van der Waals surface area (Å²) in [6, 6.07) is 7.18. The number of carbonyl (C=O) groups is 2. The average Bonchev–Trinajstić information content (AvgIpc) is 3.26. The van der Waals surface area contributed by atoms with Crippen LogP contribution in [0.2, 0.25) is 0 Å². The molecule has 4 aromatic heterocycles. The van der Waals surface area contributed by atoms with Gasteiger partial charge in [0.25, 0.3) is 5.92 Å². The zero-order valence-electron chi connectivity index (χ0n) is 18.3. The largest absolute Gasteiger partial charge is 0.310 e. The van der Waals surface area contributed by atoms with E-state index in [2.05, 4.69) is 26.3 Å². The maximum absolute atomic E-state index is 13.2. The van der Waals surface area contributed by atoms with E-state index in [-0.39, 0.29) is 17.3 Å². The monoisotopic (exact) mass is 460 g/mol. The number of aromatic nitrogens is 4. The molecule has 170 valence electrons. The lowest BCUT2D eigenvalue weighted by molar-refractivity contribution is -0.119. The van der Waals surface area contributed by atoms with Crippen molar-refractivity contribution in [1.29, 1.82) is 5.26 Å². The third-order valence-corrected chi connectivity index (χ3v) is 5.97. The number of nitriles is 1. The minimum atomic E-state index is -2.98. The fourth-order valence-electron chi connectivity index (χ4n) is 3.99. The number of fused-ring (bicyclic) bond motifs is 3. The van der Waals surface area contributed by atoms with Crippen molar-refractivity contribution in [3.63, 3.8) is 0 Å². The molecule has 0 aromatic carbocycles. The highest BCUT2D eigenvalue weighted by Crippen LogP contribution is 2.49. The highest BCUT2D eigenvalue weighted by molar-refractivity contribution is 5.98. The standard InChI is InChI=1S/C24H18F2N6O2/c1-3-20(33)18-4-12(2)16(11-28-18)15-5-13-9-29-21(31-23(34)17-7-24(17,25)26)6-19(13)32-14(8-27)10-30-22(15)32/h4-6,9-11,17H,3,7H2,1-2H3,(H,29,31,34). The van der Waals surface area contributed by atoms with E-state index in [1.807, 2.05) is 13.0 Å². The molecule has 1 aliphatic carbocycles. The van der Waals surface area contributed by atoms with Crippen molar-refractivity contribution >= 4 is 34.1 Å². The van der Waals surface area contributed by atoms with Crippen LogP contribution in [0.15, 0.2) is 36.8 Å². The molecule has 34 heavy (non-hydrogen) atoms. The second kappa shape index (κ2) is 7.66. The molecule has 4 heterocycles. The third kappa shape index (κ3) is 3.46. The number of imidazole rings is 1. The van der Waals surface area contributed by atoms with Crippen LogP contribution >= 0.6 is 0 Å². The molecule has 10 heteroatoms. The van der Waals surface area contributed by atoms with Crippen LogP contribution in [0.4, 0.5) is 14.6 Å². The van der Waals surface area contributed by atoms with Crippen LogP contribution in [0.3, 0.4) is 0 Å². The molecule has 1 saturated carbocycles. The molecule has 1 N–H and O–H groups in total. The predicted molar refractivity (Wildman–Crippen MR) is 119 cm³/mol. The van der Waals surface area contributed by atoms with E-state index in [4.69, 9.17) is 0 Å². The quantitative estimate of drug-likeness (QED) is 0.444. The molecule has 0 bridgehead atoms. The Morgan fingerprint density at radius 2 is 1.94 bits per heavy atom.